The van der Waals surface area contributed by atoms with Crippen LogP contribution in [0.1, 0.15) is 27.9 Å². The molecule has 9 heteroatoms. The second-order valence-electron chi connectivity index (χ2n) is 7.82. The quantitative estimate of drug-likeness (QED) is 0.553. The van der Waals surface area contributed by atoms with Crippen LogP contribution in [0, 0.1) is 5.82 Å². The van der Waals surface area contributed by atoms with Crippen LogP contribution in [-0.4, -0.2) is 42.7 Å². The molecule has 1 saturated heterocycles. The van der Waals surface area contributed by atoms with Gasteiger partial charge in [-0.1, -0.05) is 36.4 Å². The molecule has 2 atom stereocenters. The van der Waals surface area contributed by atoms with E-state index in [1.807, 2.05) is 0 Å². The van der Waals surface area contributed by atoms with E-state index in [4.69, 9.17) is 4.74 Å². The summed E-state index contributed by atoms with van der Waals surface area (Å²) in [4.78, 5) is 12.9. The first kappa shape index (κ1) is 23.0. The second-order valence-corrected chi connectivity index (χ2v) is 7.82. The number of rotatable bonds is 5. The average molecular weight is 463 g/mol. The number of benzene rings is 3. The first-order valence-corrected chi connectivity index (χ1v) is 10.3. The fourth-order valence-corrected chi connectivity index (χ4v) is 3.89. The minimum absolute atomic E-state index is 0.0877. The van der Waals surface area contributed by atoms with Crippen molar-refractivity contribution in [2.75, 3.05) is 13.2 Å². The Hall–Kier alpha value is -3.17. The maximum absolute atomic E-state index is 15.2. The number of alkyl halides is 3. The first-order valence-electron chi connectivity index (χ1n) is 10.3. The molecular weight excluding hydrogens is 442 g/mol. The summed E-state index contributed by atoms with van der Waals surface area (Å²) in [7, 11) is 0. The van der Waals surface area contributed by atoms with Gasteiger partial charge in [-0.3, -0.25) is 4.79 Å². The lowest BCUT2D eigenvalue weighted by Crippen LogP contribution is -2.48. The van der Waals surface area contributed by atoms with Gasteiger partial charge >= 0.3 is 6.36 Å². The Bertz CT molecular complexity index is 1150. The fourth-order valence-electron chi connectivity index (χ4n) is 3.89. The van der Waals surface area contributed by atoms with Crippen molar-refractivity contribution in [3.05, 3.63) is 77.1 Å². The van der Waals surface area contributed by atoms with Crippen LogP contribution >= 0.6 is 0 Å². The maximum atomic E-state index is 15.2. The van der Waals surface area contributed by atoms with Crippen LogP contribution < -0.4 is 10.1 Å². The zero-order chi connectivity index (χ0) is 23.6. The van der Waals surface area contributed by atoms with Crippen molar-refractivity contribution in [2.24, 2.45) is 0 Å². The molecule has 1 fully saturated rings. The summed E-state index contributed by atoms with van der Waals surface area (Å²) in [5, 5.41) is 13.6. The number of hydrogen-bond acceptors (Lipinski definition) is 4. The van der Waals surface area contributed by atoms with E-state index in [2.05, 4.69) is 10.1 Å². The topological polar surface area (TPSA) is 67.8 Å². The van der Waals surface area contributed by atoms with Crippen LogP contribution in [0.5, 0.6) is 5.75 Å². The fraction of sp³-hybridized carbons (Fsp3) is 0.292. The molecule has 0 aromatic heterocycles. The van der Waals surface area contributed by atoms with E-state index in [1.165, 1.54) is 30.3 Å². The van der Waals surface area contributed by atoms with Gasteiger partial charge in [0, 0.05) is 12.0 Å². The molecule has 2 unspecified atom stereocenters. The number of halogens is 4. The standard InChI is InChI=1S/C24H21F4NO4/c25-22-18-4-2-1-3-17(18)15(11-14-5-7-16(8-6-14)33-24(26,27)28)12-19(22)23(31)29-20-9-10-32-13-21(20)30/h1-8,12,20-21,30H,9-11,13H2,(H,29,31). The highest BCUT2D eigenvalue weighted by atomic mass is 19.4. The minimum Gasteiger partial charge on any atom is -0.406 e. The molecule has 4 rings (SSSR count). The number of amides is 1. The Labute approximate surface area is 186 Å². The normalized spacial score (nSPS) is 18.8. The predicted molar refractivity (Wildman–Crippen MR) is 113 cm³/mol. The lowest BCUT2D eigenvalue weighted by Gasteiger charge is -2.28. The molecular formula is C24H21F4NO4. The first-order chi connectivity index (χ1) is 15.7. The molecule has 1 amide bonds. The Kier molecular flexibility index (Phi) is 6.53. The lowest BCUT2D eigenvalue weighted by molar-refractivity contribution is -0.274. The van der Waals surface area contributed by atoms with Gasteiger partial charge in [0.25, 0.3) is 5.91 Å². The van der Waals surface area contributed by atoms with Crippen LogP contribution in [0.4, 0.5) is 17.6 Å². The molecule has 2 N–H and O–H groups in total. The Morgan fingerprint density at radius 2 is 1.82 bits per heavy atom. The molecule has 0 radical (unpaired) electrons. The van der Waals surface area contributed by atoms with Gasteiger partial charge in [-0.2, -0.15) is 0 Å². The molecule has 0 spiro atoms. The summed E-state index contributed by atoms with van der Waals surface area (Å²) in [5.41, 5.74) is 1.13. The number of hydrogen-bond donors (Lipinski definition) is 2. The summed E-state index contributed by atoms with van der Waals surface area (Å²) in [6.07, 6.45) is -5.01. The van der Waals surface area contributed by atoms with Gasteiger partial charge in [-0.25, -0.2) is 4.39 Å². The van der Waals surface area contributed by atoms with Crippen molar-refractivity contribution >= 4 is 16.7 Å². The third kappa shape index (κ3) is 5.43. The predicted octanol–water partition coefficient (Wildman–Crippen LogP) is 4.35. The van der Waals surface area contributed by atoms with Gasteiger partial charge < -0.3 is 19.9 Å². The number of fused-ring (bicyclic) bond motifs is 1. The SMILES string of the molecule is O=C(NC1CCOCC1O)c1cc(Cc2ccc(OC(F)(F)F)cc2)c2ccccc2c1F. The third-order valence-electron chi connectivity index (χ3n) is 5.50. The van der Waals surface area contributed by atoms with E-state index in [1.54, 1.807) is 24.3 Å². The summed E-state index contributed by atoms with van der Waals surface area (Å²) < 4.78 is 61.5. The Balaban J connectivity index is 1.64. The summed E-state index contributed by atoms with van der Waals surface area (Å²) in [5.74, 6) is -1.67. The summed E-state index contributed by atoms with van der Waals surface area (Å²) in [6, 6.07) is 12.9. The van der Waals surface area contributed by atoms with Crippen molar-refractivity contribution in [3.8, 4) is 5.75 Å². The Morgan fingerprint density at radius 1 is 1.12 bits per heavy atom. The van der Waals surface area contributed by atoms with Crippen LogP contribution in [0.2, 0.25) is 0 Å². The van der Waals surface area contributed by atoms with Crippen molar-refractivity contribution < 1.29 is 36.9 Å². The van der Waals surface area contributed by atoms with Crippen molar-refractivity contribution in [3.63, 3.8) is 0 Å². The highest BCUT2D eigenvalue weighted by molar-refractivity contribution is 6.00. The number of nitrogens with one attached hydrogen (secondary N) is 1. The second kappa shape index (κ2) is 9.36. The molecule has 1 heterocycles. The Morgan fingerprint density at radius 3 is 2.48 bits per heavy atom. The lowest BCUT2D eigenvalue weighted by atomic mass is 9.94. The molecule has 0 aliphatic carbocycles. The number of aliphatic hydroxyl groups is 1. The largest absolute Gasteiger partial charge is 0.573 e. The highest BCUT2D eigenvalue weighted by Crippen LogP contribution is 2.29. The molecule has 1 aliphatic heterocycles. The zero-order valence-corrected chi connectivity index (χ0v) is 17.4. The monoisotopic (exact) mass is 463 g/mol. The van der Waals surface area contributed by atoms with Crippen molar-refractivity contribution in [1.29, 1.82) is 0 Å². The number of aliphatic hydroxyl groups excluding tert-OH is 1. The van der Waals surface area contributed by atoms with E-state index in [-0.39, 0.29) is 29.7 Å². The number of carbonyl (C=O) groups excluding carboxylic acids is 1. The van der Waals surface area contributed by atoms with Crippen LogP contribution in [-0.2, 0) is 11.2 Å². The van der Waals surface area contributed by atoms with Crippen molar-refractivity contribution in [2.45, 2.75) is 31.3 Å². The van der Waals surface area contributed by atoms with Gasteiger partial charge in [0.05, 0.1) is 24.3 Å². The van der Waals surface area contributed by atoms with Gasteiger partial charge in [0.15, 0.2) is 0 Å². The average Bonchev–Trinajstić information content (AvgIpc) is 2.77. The van der Waals surface area contributed by atoms with E-state index >= 15 is 4.39 Å². The highest BCUT2D eigenvalue weighted by Gasteiger charge is 2.31. The molecule has 1 aliphatic rings. The maximum Gasteiger partial charge on any atom is 0.573 e. The molecule has 3 aromatic rings. The molecule has 3 aromatic carbocycles. The van der Waals surface area contributed by atoms with E-state index in [0.717, 1.165) is 0 Å². The van der Waals surface area contributed by atoms with Gasteiger partial charge in [-0.15, -0.1) is 13.2 Å². The molecule has 5 nitrogen and oxygen atoms in total. The van der Waals surface area contributed by atoms with Gasteiger partial charge in [0.1, 0.15) is 11.6 Å². The van der Waals surface area contributed by atoms with E-state index < -0.39 is 30.2 Å². The molecule has 33 heavy (non-hydrogen) atoms. The molecule has 0 bridgehead atoms. The zero-order valence-electron chi connectivity index (χ0n) is 17.4. The molecule has 174 valence electrons. The smallest absolute Gasteiger partial charge is 0.406 e. The van der Waals surface area contributed by atoms with Crippen molar-refractivity contribution in [1.82, 2.24) is 5.32 Å². The molecule has 0 saturated carbocycles. The minimum atomic E-state index is -4.78. The number of ether oxygens (including phenoxy) is 2. The summed E-state index contributed by atoms with van der Waals surface area (Å²) in [6.45, 7) is 0.464. The van der Waals surface area contributed by atoms with Crippen LogP contribution in [0.3, 0.4) is 0 Å². The number of carbonyl (C=O) groups is 1. The van der Waals surface area contributed by atoms with Gasteiger partial charge in [0.2, 0.25) is 0 Å². The van der Waals surface area contributed by atoms with E-state index in [0.29, 0.717) is 29.5 Å². The van der Waals surface area contributed by atoms with Crippen LogP contribution in [0.15, 0.2) is 54.6 Å². The third-order valence-corrected chi connectivity index (χ3v) is 5.50. The van der Waals surface area contributed by atoms with E-state index in [9.17, 15) is 23.1 Å². The van der Waals surface area contributed by atoms with Crippen LogP contribution in [0.25, 0.3) is 10.8 Å². The summed E-state index contributed by atoms with van der Waals surface area (Å²) >= 11 is 0. The van der Waals surface area contributed by atoms with Gasteiger partial charge in [-0.05, 0) is 47.6 Å².